The maximum Gasteiger partial charge on any atom is 0.226 e. The van der Waals surface area contributed by atoms with Crippen LogP contribution in [0.15, 0.2) is 34.9 Å². The highest BCUT2D eigenvalue weighted by Crippen LogP contribution is 2.24. The number of fused-ring (bicyclic) bond motifs is 1. The van der Waals surface area contributed by atoms with Gasteiger partial charge in [0.15, 0.2) is 5.65 Å². The number of H-pyrrole nitrogens is 1. The van der Waals surface area contributed by atoms with Crippen molar-refractivity contribution >= 4 is 44.4 Å². The topological polar surface area (TPSA) is 78.5 Å². The lowest BCUT2D eigenvalue weighted by molar-refractivity contribution is 1.09. The van der Waals surface area contributed by atoms with Crippen molar-refractivity contribution in [2.75, 3.05) is 17.7 Å². The number of benzene rings is 1. The Morgan fingerprint density at radius 3 is 2.68 bits per heavy atom. The number of anilines is 3. The van der Waals surface area contributed by atoms with Gasteiger partial charge in [0.25, 0.3) is 0 Å². The van der Waals surface area contributed by atoms with Crippen molar-refractivity contribution in [3.8, 4) is 0 Å². The van der Waals surface area contributed by atoms with E-state index in [1.54, 1.807) is 13.2 Å². The number of halogens is 1. The zero-order valence-electron chi connectivity index (χ0n) is 10.1. The number of aromatic nitrogens is 4. The molecule has 96 valence electrons. The van der Waals surface area contributed by atoms with Crippen LogP contribution < -0.4 is 10.6 Å². The van der Waals surface area contributed by atoms with E-state index in [0.29, 0.717) is 17.4 Å². The fourth-order valence-electron chi connectivity index (χ4n) is 1.71. The van der Waals surface area contributed by atoms with E-state index in [-0.39, 0.29) is 0 Å². The van der Waals surface area contributed by atoms with E-state index >= 15 is 0 Å². The third-order valence-corrected chi connectivity index (χ3v) is 3.17. The Balaban J connectivity index is 2.03. The molecular formula is C12H11BrN6. The summed E-state index contributed by atoms with van der Waals surface area (Å²) in [5.74, 6) is 1.25. The van der Waals surface area contributed by atoms with Crippen molar-refractivity contribution in [1.29, 1.82) is 0 Å². The monoisotopic (exact) mass is 318 g/mol. The summed E-state index contributed by atoms with van der Waals surface area (Å²) in [4.78, 5) is 8.69. The lowest BCUT2D eigenvalue weighted by atomic mass is 10.3. The third kappa shape index (κ3) is 2.37. The van der Waals surface area contributed by atoms with E-state index in [1.165, 1.54) is 0 Å². The number of hydrogen-bond donors (Lipinski definition) is 3. The van der Waals surface area contributed by atoms with Crippen molar-refractivity contribution < 1.29 is 0 Å². The molecule has 0 bridgehead atoms. The first-order valence-electron chi connectivity index (χ1n) is 5.68. The molecule has 3 N–H and O–H groups in total. The number of nitrogens with zero attached hydrogens (tertiary/aromatic N) is 3. The molecule has 0 saturated heterocycles. The van der Waals surface area contributed by atoms with Crippen LogP contribution in [-0.4, -0.2) is 27.2 Å². The molecule has 2 heterocycles. The van der Waals surface area contributed by atoms with Gasteiger partial charge in [-0.15, -0.1) is 0 Å². The van der Waals surface area contributed by atoms with Crippen LogP contribution in [-0.2, 0) is 0 Å². The standard InChI is InChI=1S/C12H11BrN6/c1-14-12-17-10(9-6-15-19-11(9)18-12)16-8-4-2-7(13)3-5-8/h2-6H,1H3,(H3,14,15,16,17,18,19). The molecule has 7 heteroatoms. The smallest absolute Gasteiger partial charge is 0.226 e. The number of nitrogens with one attached hydrogen (secondary N) is 3. The van der Waals surface area contributed by atoms with Crippen LogP contribution in [0.3, 0.4) is 0 Å². The second-order valence-electron chi connectivity index (χ2n) is 3.91. The van der Waals surface area contributed by atoms with Crippen LogP contribution in [0.2, 0.25) is 0 Å². The Morgan fingerprint density at radius 2 is 1.95 bits per heavy atom. The minimum absolute atomic E-state index is 0.538. The Labute approximate surface area is 117 Å². The molecule has 0 fully saturated rings. The maximum atomic E-state index is 4.40. The molecule has 0 atom stereocenters. The lowest BCUT2D eigenvalue weighted by Crippen LogP contribution is -2.01. The maximum absolute atomic E-state index is 4.40. The molecule has 3 aromatic rings. The molecular weight excluding hydrogens is 308 g/mol. The molecule has 0 saturated carbocycles. The minimum Gasteiger partial charge on any atom is -0.357 e. The van der Waals surface area contributed by atoms with Gasteiger partial charge in [0.05, 0.1) is 11.6 Å². The lowest BCUT2D eigenvalue weighted by Gasteiger charge is -2.08. The molecule has 6 nitrogen and oxygen atoms in total. The molecule has 1 aromatic carbocycles. The zero-order chi connectivity index (χ0) is 13.2. The second kappa shape index (κ2) is 4.85. The van der Waals surface area contributed by atoms with E-state index in [2.05, 4.69) is 46.7 Å². The summed E-state index contributed by atoms with van der Waals surface area (Å²) in [7, 11) is 1.78. The van der Waals surface area contributed by atoms with Crippen molar-refractivity contribution in [3.05, 3.63) is 34.9 Å². The van der Waals surface area contributed by atoms with Gasteiger partial charge in [-0.05, 0) is 24.3 Å². The van der Waals surface area contributed by atoms with Gasteiger partial charge >= 0.3 is 0 Å². The highest BCUT2D eigenvalue weighted by atomic mass is 79.9. The van der Waals surface area contributed by atoms with Crippen LogP contribution in [0.25, 0.3) is 11.0 Å². The molecule has 0 aliphatic carbocycles. The molecule has 3 rings (SSSR count). The zero-order valence-corrected chi connectivity index (χ0v) is 11.7. The molecule has 2 aromatic heterocycles. The van der Waals surface area contributed by atoms with Crippen molar-refractivity contribution in [1.82, 2.24) is 20.2 Å². The molecule has 0 aliphatic heterocycles. The van der Waals surface area contributed by atoms with Gasteiger partial charge in [-0.2, -0.15) is 15.1 Å². The summed E-state index contributed by atoms with van der Waals surface area (Å²) in [5, 5.41) is 13.9. The summed E-state index contributed by atoms with van der Waals surface area (Å²) in [6.45, 7) is 0. The Bertz CT molecular complexity index is 706. The molecule has 0 unspecified atom stereocenters. The van der Waals surface area contributed by atoms with Gasteiger partial charge in [-0.3, -0.25) is 5.10 Å². The van der Waals surface area contributed by atoms with E-state index in [9.17, 15) is 0 Å². The van der Waals surface area contributed by atoms with E-state index in [4.69, 9.17) is 0 Å². The summed E-state index contributed by atoms with van der Waals surface area (Å²) in [5.41, 5.74) is 1.64. The van der Waals surface area contributed by atoms with Crippen LogP contribution >= 0.6 is 15.9 Å². The average Bonchev–Trinajstić information content (AvgIpc) is 2.89. The van der Waals surface area contributed by atoms with Gasteiger partial charge in [-0.25, -0.2) is 0 Å². The number of hydrogen-bond acceptors (Lipinski definition) is 5. The Hall–Kier alpha value is -2.15. The van der Waals surface area contributed by atoms with E-state index < -0.39 is 0 Å². The summed E-state index contributed by atoms with van der Waals surface area (Å²) < 4.78 is 1.03. The minimum atomic E-state index is 0.538. The van der Waals surface area contributed by atoms with Gasteiger partial charge < -0.3 is 10.6 Å². The normalized spacial score (nSPS) is 10.6. The first-order valence-corrected chi connectivity index (χ1v) is 6.47. The first-order chi connectivity index (χ1) is 9.26. The fraction of sp³-hybridized carbons (Fsp3) is 0.0833. The van der Waals surface area contributed by atoms with Crippen LogP contribution in [0.4, 0.5) is 17.5 Å². The Kier molecular flexibility index (Phi) is 3.04. The predicted octanol–water partition coefficient (Wildman–Crippen LogP) is 2.90. The van der Waals surface area contributed by atoms with Crippen LogP contribution in [0.1, 0.15) is 0 Å². The quantitative estimate of drug-likeness (QED) is 0.692. The first kappa shape index (κ1) is 11.9. The van der Waals surface area contributed by atoms with Crippen molar-refractivity contribution in [2.45, 2.75) is 0 Å². The van der Waals surface area contributed by atoms with Gasteiger partial charge in [-0.1, -0.05) is 15.9 Å². The number of aromatic amines is 1. The van der Waals surface area contributed by atoms with Crippen molar-refractivity contribution in [3.63, 3.8) is 0 Å². The van der Waals surface area contributed by atoms with Gasteiger partial charge in [0.2, 0.25) is 5.95 Å². The SMILES string of the molecule is CNc1nc(Nc2ccc(Br)cc2)c2cn[nH]c2n1. The van der Waals surface area contributed by atoms with Gasteiger partial charge in [0, 0.05) is 17.2 Å². The molecule has 19 heavy (non-hydrogen) atoms. The van der Waals surface area contributed by atoms with Crippen molar-refractivity contribution in [2.24, 2.45) is 0 Å². The second-order valence-corrected chi connectivity index (χ2v) is 4.83. The highest BCUT2D eigenvalue weighted by molar-refractivity contribution is 9.10. The summed E-state index contributed by atoms with van der Waals surface area (Å²) in [6.07, 6.45) is 1.70. The largest absolute Gasteiger partial charge is 0.357 e. The summed E-state index contributed by atoms with van der Waals surface area (Å²) >= 11 is 3.41. The fourth-order valence-corrected chi connectivity index (χ4v) is 1.98. The van der Waals surface area contributed by atoms with Crippen LogP contribution in [0, 0.1) is 0 Å². The number of rotatable bonds is 3. The van der Waals surface area contributed by atoms with Gasteiger partial charge in [0.1, 0.15) is 5.82 Å². The molecule has 0 amide bonds. The van der Waals surface area contributed by atoms with Crippen LogP contribution in [0.5, 0.6) is 0 Å². The van der Waals surface area contributed by atoms with E-state index in [1.807, 2.05) is 24.3 Å². The molecule has 0 spiro atoms. The highest BCUT2D eigenvalue weighted by Gasteiger charge is 2.08. The average molecular weight is 319 g/mol. The van der Waals surface area contributed by atoms with E-state index in [0.717, 1.165) is 15.5 Å². The predicted molar refractivity (Wildman–Crippen MR) is 78.7 cm³/mol. The molecule has 0 radical (unpaired) electrons. The molecule has 0 aliphatic rings. The summed E-state index contributed by atoms with van der Waals surface area (Å²) in [6, 6.07) is 7.87. The Morgan fingerprint density at radius 1 is 1.16 bits per heavy atom. The third-order valence-electron chi connectivity index (χ3n) is 2.64.